The molecule has 0 radical (unpaired) electrons. The van der Waals surface area contributed by atoms with E-state index in [1.165, 1.54) is 4.88 Å². The predicted molar refractivity (Wildman–Crippen MR) is 116 cm³/mol. The monoisotopic (exact) mass is 426 g/mol. The molecule has 6 nitrogen and oxygen atoms in total. The van der Waals surface area contributed by atoms with Crippen LogP contribution in [0.1, 0.15) is 4.88 Å². The van der Waals surface area contributed by atoms with E-state index in [1.54, 1.807) is 23.5 Å². The second kappa shape index (κ2) is 8.12. The average molecular weight is 427 g/mol. The van der Waals surface area contributed by atoms with Gasteiger partial charge in [0.15, 0.2) is 10.7 Å². The van der Waals surface area contributed by atoms with Gasteiger partial charge in [0.1, 0.15) is 5.52 Å². The smallest absolute Gasteiger partial charge is 0.302 e. The number of morpholine rings is 1. The first-order chi connectivity index (χ1) is 14.2. The minimum atomic E-state index is 0.411. The molecule has 2 aromatic carbocycles. The van der Waals surface area contributed by atoms with Crippen molar-refractivity contribution >= 4 is 45.2 Å². The third-order valence-electron chi connectivity index (χ3n) is 4.78. The van der Waals surface area contributed by atoms with E-state index in [-0.39, 0.29) is 0 Å². The van der Waals surface area contributed by atoms with Crippen LogP contribution in [0.4, 0.5) is 11.1 Å². The van der Waals surface area contributed by atoms with Gasteiger partial charge in [-0.2, -0.15) is 4.98 Å². The second-order valence-electron chi connectivity index (χ2n) is 6.80. The molecule has 0 atom stereocenters. The van der Waals surface area contributed by atoms with Crippen molar-refractivity contribution in [1.82, 2.24) is 14.9 Å². The number of rotatable bonds is 5. The van der Waals surface area contributed by atoms with E-state index < -0.39 is 0 Å². The molecule has 5 rings (SSSR count). The summed E-state index contributed by atoms with van der Waals surface area (Å²) in [6, 6.07) is 16.1. The maximum absolute atomic E-state index is 6.05. The van der Waals surface area contributed by atoms with Gasteiger partial charge in [-0.3, -0.25) is 10.2 Å². The summed E-state index contributed by atoms with van der Waals surface area (Å²) < 4.78 is 11.3. The van der Waals surface area contributed by atoms with Gasteiger partial charge in [0, 0.05) is 35.1 Å². The van der Waals surface area contributed by atoms with Crippen LogP contribution < -0.4 is 5.32 Å². The highest BCUT2D eigenvalue weighted by Crippen LogP contribution is 2.34. The first kappa shape index (κ1) is 18.6. The van der Waals surface area contributed by atoms with Gasteiger partial charge < -0.3 is 9.15 Å². The van der Waals surface area contributed by atoms with Crippen LogP contribution in [0.2, 0.25) is 5.02 Å². The maximum atomic E-state index is 6.05. The molecular weight excluding hydrogens is 408 g/mol. The Bertz CT molecular complexity index is 1120. The summed E-state index contributed by atoms with van der Waals surface area (Å²) in [4.78, 5) is 12.9. The van der Waals surface area contributed by atoms with Gasteiger partial charge in [-0.05, 0) is 18.2 Å². The molecule has 0 saturated carbocycles. The zero-order valence-corrected chi connectivity index (χ0v) is 17.2. The lowest BCUT2D eigenvalue weighted by molar-refractivity contribution is 0.0347. The quantitative estimate of drug-likeness (QED) is 0.474. The van der Waals surface area contributed by atoms with Crippen molar-refractivity contribution in [2.75, 3.05) is 31.6 Å². The number of hydrogen-bond acceptors (Lipinski definition) is 7. The molecule has 0 amide bonds. The minimum absolute atomic E-state index is 0.411. The fraction of sp³-hybridized carbons (Fsp3) is 0.238. The lowest BCUT2D eigenvalue weighted by Gasteiger charge is -2.26. The summed E-state index contributed by atoms with van der Waals surface area (Å²) in [5, 5.41) is 4.61. The van der Waals surface area contributed by atoms with E-state index in [1.807, 2.05) is 24.3 Å². The summed E-state index contributed by atoms with van der Waals surface area (Å²) in [7, 11) is 0. The number of aromatic nitrogens is 2. The van der Waals surface area contributed by atoms with Crippen molar-refractivity contribution in [2.24, 2.45) is 0 Å². The average Bonchev–Trinajstić information content (AvgIpc) is 3.32. The predicted octanol–water partition coefficient (Wildman–Crippen LogP) is 5.18. The standard InChI is InChI=1S/C21H19ClN4O2S/c22-15-6-7-17-16(12-15)23-20(28-17)25-21-24-19(14-4-2-1-3-5-14)18(29-21)13-26-8-10-27-11-9-26/h1-7,12H,8-11,13H2,(H,23,24,25). The minimum Gasteiger partial charge on any atom is -0.423 e. The SMILES string of the molecule is Clc1ccc2oc(Nc3nc(-c4ccccc4)c(CN4CCOCC4)s3)nc2c1. The Balaban J connectivity index is 1.45. The number of hydrogen-bond donors (Lipinski definition) is 1. The van der Waals surface area contributed by atoms with E-state index in [2.05, 4.69) is 27.3 Å². The number of fused-ring (bicyclic) bond motifs is 1. The lowest BCUT2D eigenvalue weighted by Crippen LogP contribution is -2.35. The third-order valence-corrected chi connectivity index (χ3v) is 5.97. The zero-order valence-electron chi connectivity index (χ0n) is 15.6. The molecule has 1 aliphatic heterocycles. The zero-order chi connectivity index (χ0) is 19.6. The first-order valence-corrected chi connectivity index (χ1v) is 10.6. The fourth-order valence-electron chi connectivity index (χ4n) is 3.34. The van der Waals surface area contributed by atoms with Gasteiger partial charge >= 0.3 is 6.01 Å². The normalized spacial score (nSPS) is 15.1. The molecule has 2 aromatic heterocycles. The Morgan fingerprint density at radius 2 is 1.90 bits per heavy atom. The van der Waals surface area contributed by atoms with Crippen LogP contribution in [-0.4, -0.2) is 41.2 Å². The number of halogens is 1. The Morgan fingerprint density at radius 1 is 1.07 bits per heavy atom. The molecule has 0 spiro atoms. The van der Waals surface area contributed by atoms with E-state index in [0.29, 0.717) is 22.1 Å². The van der Waals surface area contributed by atoms with Crippen molar-refractivity contribution in [2.45, 2.75) is 6.54 Å². The van der Waals surface area contributed by atoms with Crippen LogP contribution in [-0.2, 0) is 11.3 Å². The Kier molecular flexibility index (Phi) is 5.20. The maximum Gasteiger partial charge on any atom is 0.302 e. The van der Waals surface area contributed by atoms with Crippen molar-refractivity contribution in [3.05, 3.63) is 58.4 Å². The second-order valence-corrected chi connectivity index (χ2v) is 8.32. The summed E-state index contributed by atoms with van der Waals surface area (Å²) >= 11 is 7.67. The molecule has 0 bridgehead atoms. The topological polar surface area (TPSA) is 63.4 Å². The molecular formula is C21H19ClN4O2S. The Labute approximate surface area is 177 Å². The van der Waals surface area contributed by atoms with Gasteiger partial charge in [0.25, 0.3) is 0 Å². The van der Waals surface area contributed by atoms with Crippen LogP contribution in [0.15, 0.2) is 52.9 Å². The van der Waals surface area contributed by atoms with E-state index >= 15 is 0 Å². The molecule has 3 heterocycles. The van der Waals surface area contributed by atoms with Gasteiger partial charge in [0.05, 0.1) is 18.9 Å². The highest BCUT2D eigenvalue weighted by molar-refractivity contribution is 7.16. The molecule has 8 heteroatoms. The van der Waals surface area contributed by atoms with Gasteiger partial charge in [0.2, 0.25) is 0 Å². The highest BCUT2D eigenvalue weighted by atomic mass is 35.5. The summed E-state index contributed by atoms with van der Waals surface area (Å²) in [5.74, 6) is 0. The van der Waals surface area contributed by atoms with Gasteiger partial charge in [-0.15, -0.1) is 0 Å². The number of benzene rings is 2. The fourth-order valence-corrected chi connectivity index (χ4v) is 4.52. The largest absolute Gasteiger partial charge is 0.423 e. The number of thiazole rings is 1. The van der Waals surface area contributed by atoms with Gasteiger partial charge in [-0.1, -0.05) is 53.3 Å². The molecule has 1 N–H and O–H groups in total. The molecule has 1 saturated heterocycles. The van der Waals surface area contributed by atoms with Gasteiger partial charge in [-0.25, -0.2) is 4.98 Å². The first-order valence-electron chi connectivity index (χ1n) is 9.43. The number of ether oxygens (including phenoxy) is 1. The summed E-state index contributed by atoms with van der Waals surface area (Å²) in [5.41, 5.74) is 3.49. The van der Waals surface area contributed by atoms with Crippen LogP contribution >= 0.6 is 22.9 Å². The van der Waals surface area contributed by atoms with Crippen LogP contribution in [0.5, 0.6) is 0 Å². The van der Waals surface area contributed by atoms with Crippen LogP contribution in [0, 0.1) is 0 Å². The van der Waals surface area contributed by atoms with E-state index in [9.17, 15) is 0 Å². The van der Waals surface area contributed by atoms with E-state index in [0.717, 1.165) is 49.2 Å². The number of nitrogens with one attached hydrogen (secondary N) is 1. The van der Waals surface area contributed by atoms with Crippen molar-refractivity contribution in [1.29, 1.82) is 0 Å². The van der Waals surface area contributed by atoms with Crippen molar-refractivity contribution in [3.63, 3.8) is 0 Å². The number of nitrogens with zero attached hydrogens (tertiary/aromatic N) is 3. The molecule has 29 heavy (non-hydrogen) atoms. The Morgan fingerprint density at radius 3 is 2.72 bits per heavy atom. The molecule has 148 valence electrons. The van der Waals surface area contributed by atoms with E-state index in [4.69, 9.17) is 25.7 Å². The highest BCUT2D eigenvalue weighted by Gasteiger charge is 2.19. The van der Waals surface area contributed by atoms with Crippen LogP contribution in [0.25, 0.3) is 22.4 Å². The number of oxazole rings is 1. The lowest BCUT2D eigenvalue weighted by atomic mass is 10.1. The third kappa shape index (κ3) is 4.13. The molecule has 1 aliphatic rings. The molecule has 0 unspecified atom stereocenters. The molecule has 0 aliphatic carbocycles. The Hall–Kier alpha value is -2.45. The van der Waals surface area contributed by atoms with Crippen molar-refractivity contribution in [3.8, 4) is 11.3 Å². The number of anilines is 2. The summed E-state index contributed by atoms with van der Waals surface area (Å²) in [6.07, 6.45) is 0. The summed E-state index contributed by atoms with van der Waals surface area (Å²) in [6.45, 7) is 4.25. The van der Waals surface area contributed by atoms with Crippen LogP contribution in [0.3, 0.4) is 0 Å². The van der Waals surface area contributed by atoms with Crippen molar-refractivity contribution < 1.29 is 9.15 Å². The molecule has 1 fully saturated rings. The molecule has 4 aromatic rings.